The van der Waals surface area contributed by atoms with Gasteiger partial charge in [0.05, 0.1) is 12.0 Å². The van der Waals surface area contributed by atoms with Crippen LogP contribution in [-0.4, -0.2) is 12.1 Å². The minimum Gasteiger partial charge on any atom is -0.497 e. The van der Waals surface area contributed by atoms with E-state index < -0.39 is 0 Å². The molecule has 21 heavy (non-hydrogen) atoms. The van der Waals surface area contributed by atoms with Crippen molar-refractivity contribution in [3.05, 3.63) is 60.8 Å². The standard InChI is InChI=1S/C16H14N2OS.BrH/c1-19-14-9-7-12(8-10-14)15-11-17-16(20-15)18-13-5-3-2-4-6-13;/h2-11H,1H3,(H,17,18);1H. The summed E-state index contributed by atoms with van der Waals surface area (Å²) in [6.45, 7) is 0. The normalized spacial score (nSPS) is 9.76. The highest BCUT2D eigenvalue weighted by Gasteiger charge is 2.05. The topological polar surface area (TPSA) is 34.1 Å². The Hall–Kier alpha value is -1.85. The van der Waals surface area contributed by atoms with Gasteiger partial charge in [-0.2, -0.15) is 0 Å². The summed E-state index contributed by atoms with van der Waals surface area (Å²) in [6, 6.07) is 18.0. The van der Waals surface area contributed by atoms with Crippen molar-refractivity contribution in [2.45, 2.75) is 0 Å². The molecule has 0 aliphatic rings. The average molecular weight is 363 g/mol. The number of aromatic nitrogens is 1. The van der Waals surface area contributed by atoms with Crippen LogP contribution in [0.3, 0.4) is 0 Å². The first-order chi connectivity index (χ1) is 9.85. The number of methoxy groups -OCH3 is 1. The van der Waals surface area contributed by atoms with Crippen LogP contribution in [0.2, 0.25) is 0 Å². The average Bonchev–Trinajstić information content (AvgIpc) is 2.97. The smallest absolute Gasteiger partial charge is 0.187 e. The number of anilines is 2. The van der Waals surface area contributed by atoms with Gasteiger partial charge in [-0.15, -0.1) is 17.0 Å². The lowest BCUT2D eigenvalue weighted by molar-refractivity contribution is 0.415. The van der Waals surface area contributed by atoms with Crippen LogP contribution < -0.4 is 10.1 Å². The molecule has 108 valence electrons. The molecular weight excluding hydrogens is 348 g/mol. The summed E-state index contributed by atoms with van der Waals surface area (Å²) in [4.78, 5) is 5.54. The molecule has 1 aromatic heterocycles. The molecule has 3 aromatic rings. The van der Waals surface area contributed by atoms with Crippen molar-refractivity contribution in [1.82, 2.24) is 4.98 Å². The fourth-order valence-electron chi connectivity index (χ4n) is 1.87. The van der Waals surface area contributed by atoms with Crippen LogP contribution >= 0.6 is 28.3 Å². The van der Waals surface area contributed by atoms with Gasteiger partial charge in [0.2, 0.25) is 0 Å². The van der Waals surface area contributed by atoms with E-state index in [1.54, 1.807) is 18.4 Å². The molecule has 0 amide bonds. The zero-order valence-electron chi connectivity index (χ0n) is 11.4. The highest BCUT2D eigenvalue weighted by molar-refractivity contribution is 8.93. The summed E-state index contributed by atoms with van der Waals surface area (Å²) in [6.07, 6.45) is 1.89. The second-order valence-electron chi connectivity index (χ2n) is 4.25. The highest BCUT2D eigenvalue weighted by atomic mass is 79.9. The van der Waals surface area contributed by atoms with Crippen LogP contribution in [0, 0.1) is 0 Å². The maximum atomic E-state index is 5.16. The van der Waals surface area contributed by atoms with Gasteiger partial charge in [-0.25, -0.2) is 4.98 Å². The Kier molecular flexibility index (Phi) is 5.36. The minimum absolute atomic E-state index is 0. The Labute approximate surface area is 138 Å². The Bertz CT molecular complexity index is 683. The van der Waals surface area contributed by atoms with Crippen LogP contribution in [0.15, 0.2) is 60.8 Å². The summed E-state index contributed by atoms with van der Waals surface area (Å²) in [7, 11) is 1.67. The van der Waals surface area contributed by atoms with Gasteiger partial charge in [-0.3, -0.25) is 0 Å². The van der Waals surface area contributed by atoms with E-state index in [0.29, 0.717) is 0 Å². The molecule has 0 fully saturated rings. The summed E-state index contributed by atoms with van der Waals surface area (Å²) in [5.41, 5.74) is 2.19. The summed E-state index contributed by atoms with van der Waals surface area (Å²) >= 11 is 1.63. The Morgan fingerprint density at radius 1 is 1.00 bits per heavy atom. The number of benzene rings is 2. The molecule has 0 bridgehead atoms. The quantitative estimate of drug-likeness (QED) is 0.697. The maximum absolute atomic E-state index is 5.16. The van der Waals surface area contributed by atoms with Gasteiger partial charge in [0.1, 0.15) is 5.75 Å². The lowest BCUT2D eigenvalue weighted by Crippen LogP contribution is -1.87. The molecule has 0 aliphatic heterocycles. The van der Waals surface area contributed by atoms with E-state index in [-0.39, 0.29) is 17.0 Å². The second kappa shape index (κ2) is 7.24. The molecular formula is C16H15BrN2OS. The van der Waals surface area contributed by atoms with Gasteiger partial charge in [0, 0.05) is 11.9 Å². The van der Waals surface area contributed by atoms with E-state index in [4.69, 9.17) is 4.74 Å². The van der Waals surface area contributed by atoms with Gasteiger partial charge in [-0.05, 0) is 42.0 Å². The van der Waals surface area contributed by atoms with E-state index in [9.17, 15) is 0 Å². The lowest BCUT2D eigenvalue weighted by Gasteiger charge is -2.01. The molecule has 0 saturated carbocycles. The third-order valence-electron chi connectivity index (χ3n) is 2.91. The number of nitrogens with one attached hydrogen (secondary N) is 1. The summed E-state index contributed by atoms with van der Waals surface area (Å²) in [5, 5.41) is 4.19. The number of hydrogen-bond donors (Lipinski definition) is 1. The zero-order chi connectivity index (χ0) is 13.8. The Morgan fingerprint density at radius 2 is 1.71 bits per heavy atom. The maximum Gasteiger partial charge on any atom is 0.187 e. The van der Waals surface area contributed by atoms with Crippen molar-refractivity contribution in [2.24, 2.45) is 0 Å². The molecule has 0 aliphatic carbocycles. The molecule has 0 unspecified atom stereocenters. The number of nitrogens with zero attached hydrogens (tertiary/aromatic N) is 1. The molecule has 0 saturated heterocycles. The first-order valence-corrected chi connectivity index (χ1v) is 7.09. The van der Waals surface area contributed by atoms with Crippen molar-refractivity contribution < 1.29 is 4.74 Å². The van der Waals surface area contributed by atoms with E-state index in [1.165, 1.54) is 0 Å². The molecule has 0 radical (unpaired) electrons. The summed E-state index contributed by atoms with van der Waals surface area (Å²) < 4.78 is 5.16. The zero-order valence-corrected chi connectivity index (χ0v) is 14.0. The third kappa shape index (κ3) is 3.83. The van der Waals surface area contributed by atoms with Crippen LogP contribution in [0.1, 0.15) is 0 Å². The fourth-order valence-corrected chi connectivity index (χ4v) is 2.71. The van der Waals surface area contributed by atoms with E-state index in [0.717, 1.165) is 27.0 Å². The molecule has 3 nitrogen and oxygen atoms in total. The SMILES string of the molecule is Br.COc1ccc(-c2cnc(Nc3ccccc3)s2)cc1. The molecule has 1 N–H and O–H groups in total. The molecule has 0 atom stereocenters. The highest BCUT2D eigenvalue weighted by Crippen LogP contribution is 2.31. The predicted octanol–water partition coefficient (Wildman–Crippen LogP) is 5.14. The van der Waals surface area contributed by atoms with Gasteiger partial charge in [0.25, 0.3) is 0 Å². The van der Waals surface area contributed by atoms with Gasteiger partial charge in [-0.1, -0.05) is 29.5 Å². The number of halogens is 1. The fraction of sp³-hybridized carbons (Fsp3) is 0.0625. The predicted molar refractivity (Wildman–Crippen MR) is 94.1 cm³/mol. The van der Waals surface area contributed by atoms with E-state index in [2.05, 4.69) is 10.3 Å². The number of rotatable bonds is 4. The van der Waals surface area contributed by atoms with Gasteiger partial charge in [0.15, 0.2) is 5.13 Å². The number of hydrogen-bond acceptors (Lipinski definition) is 4. The Balaban J connectivity index is 0.00000161. The number of ether oxygens (including phenoxy) is 1. The van der Waals surface area contributed by atoms with Crippen molar-refractivity contribution in [2.75, 3.05) is 12.4 Å². The van der Waals surface area contributed by atoms with Crippen molar-refractivity contribution >= 4 is 39.1 Å². The first-order valence-electron chi connectivity index (χ1n) is 6.27. The summed E-state index contributed by atoms with van der Waals surface area (Å²) in [5.74, 6) is 0.862. The van der Waals surface area contributed by atoms with Crippen LogP contribution in [0.4, 0.5) is 10.8 Å². The van der Waals surface area contributed by atoms with Crippen molar-refractivity contribution in [3.8, 4) is 16.2 Å². The lowest BCUT2D eigenvalue weighted by atomic mass is 10.2. The van der Waals surface area contributed by atoms with Gasteiger partial charge < -0.3 is 10.1 Å². The minimum atomic E-state index is 0. The van der Waals surface area contributed by atoms with Crippen LogP contribution in [0.5, 0.6) is 5.75 Å². The van der Waals surface area contributed by atoms with E-state index in [1.807, 2.05) is 60.8 Å². The van der Waals surface area contributed by atoms with Crippen molar-refractivity contribution in [1.29, 1.82) is 0 Å². The van der Waals surface area contributed by atoms with Gasteiger partial charge >= 0.3 is 0 Å². The van der Waals surface area contributed by atoms with Crippen LogP contribution in [0.25, 0.3) is 10.4 Å². The van der Waals surface area contributed by atoms with Crippen LogP contribution in [-0.2, 0) is 0 Å². The third-order valence-corrected chi connectivity index (χ3v) is 3.87. The molecule has 2 aromatic carbocycles. The van der Waals surface area contributed by atoms with E-state index >= 15 is 0 Å². The van der Waals surface area contributed by atoms with Crippen molar-refractivity contribution in [3.63, 3.8) is 0 Å². The monoisotopic (exact) mass is 362 g/mol. The second-order valence-corrected chi connectivity index (χ2v) is 5.28. The largest absolute Gasteiger partial charge is 0.497 e. The first kappa shape index (κ1) is 15.5. The molecule has 3 rings (SSSR count). The number of thiazole rings is 1. The Morgan fingerprint density at radius 3 is 2.38 bits per heavy atom. The molecule has 5 heteroatoms. The molecule has 0 spiro atoms. The number of para-hydroxylation sites is 1. The molecule has 1 heterocycles.